The molecule has 1 aliphatic heterocycles. The van der Waals surface area contributed by atoms with Gasteiger partial charge < -0.3 is 24.4 Å². The zero-order valence-corrected chi connectivity index (χ0v) is 18.6. The predicted molar refractivity (Wildman–Crippen MR) is 123 cm³/mol. The van der Waals surface area contributed by atoms with Crippen molar-refractivity contribution in [2.24, 2.45) is 0 Å². The van der Waals surface area contributed by atoms with Crippen LogP contribution in [0.4, 0.5) is 0 Å². The Hall–Kier alpha value is -3.58. The van der Waals surface area contributed by atoms with E-state index in [0.29, 0.717) is 36.8 Å². The number of nitrogens with zero attached hydrogens (tertiary/aromatic N) is 2. The lowest BCUT2D eigenvalue weighted by molar-refractivity contribution is -0.140. The van der Waals surface area contributed by atoms with Crippen LogP contribution in [0.1, 0.15) is 17.2 Å². The summed E-state index contributed by atoms with van der Waals surface area (Å²) in [7, 11) is 5.37. The first-order valence-corrected chi connectivity index (χ1v) is 10.3. The zero-order chi connectivity index (χ0) is 23.3. The molecule has 0 radical (unpaired) electrons. The number of ether oxygens (including phenoxy) is 2. The van der Waals surface area contributed by atoms with Crippen LogP contribution in [0.3, 0.4) is 0 Å². The molecule has 1 N–H and O–H groups in total. The Bertz CT molecular complexity index is 1010. The molecule has 1 atom stereocenters. The van der Waals surface area contributed by atoms with Crippen LogP contribution in [0.25, 0.3) is 5.76 Å². The number of hydrogen-bond acceptors (Lipinski definition) is 6. The van der Waals surface area contributed by atoms with E-state index in [4.69, 9.17) is 9.47 Å². The first-order valence-electron chi connectivity index (χ1n) is 10.3. The van der Waals surface area contributed by atoms with Crippen LogP contribution in [0.2, 0.25) is 0 Å². The molecule has 1 amide bonds. The van der Waals surface area contributed by atoms with Crippen molar-refractivity contribution in [2.45, 2.75) is 6.04 Å². The van der Waals surface area contributed by atoms with Gasteiger partial charge in [0, 0.05) is 18.7 Å². The minimum atomic E-state index is -0.700. The highest BCUT2D eigenvalue weighted by Crippen LogP contribution is 2.39. The number of aliphatic hydroxyl groups is 1. The second-order valence-corrected chi connectivity index (χ2v) is 7.69. The summed E-state index contributed by atoms with van der Waals surface area (Å²) in [6.07, 6.45) is 1.64. The first kappa shape index (κ1) is 23.1. The Balaban J connectivity index is 2.05. The highest BCUT2D eigenvalue weighted by atomic mass is 16.5. The third-order valence-electron chi connectivity index (χ3n) is 5.26. The fraction of sp³-hybridized carbons (Fsp3) is 0.280. The molecule has 1 heterocycles. The topological polar surface area (TPSA) is 79.3 Å². The lowest BCUT2D eigenvalue weighted by Crippen LogP contribution is -2.35. The minimum Gasteiger partial charge on any atom is -0.507 e. The molecule has 7 heteroatoms. The number of amides is 1. The number of rotatable bonds is 9. The standard InChI is InChI=1S/C25H28N2O5/c1-5-16-32-20-12-8-18(9-13-20)23(28)21-22(17-6-10-19(31-4)11-7-17)27(15-14-26(2)3)25(30)24(21)29/h5-13,22,28H,1,14-16H2,2-4H3/b23-21+/t22-/m1/s1. The summed E-state index contributed by atoms with van der Waals surface area (Å²) in [6.45, 7) is 4.90. The van der Waals surface area contributed by atoms with Crippen LogP contribution in [0, 0.1) is 0 Å². The number of likely N-dealkylation sites (N-methyl/N-ethyl adjacent to an activating group) is 1. The molecule has 2 aromatic rings. The quantitative estimate of drug-likeness (QED) is 0.281. The maximum atomic E-state index is 13.0. The Kier molecular flexibility index (Phi) is 7.33. The zero-order valence-electron chi connectivity index (χ0n) is 18.6. The van der Waals surface area contributed by atoms with Crippen molar-refractivity contribution in [1.82, 2.24) is 9.80 Å². The number of aliphatic hydroxyl groups excluding tert-OH is 1. The predicted octanol–water partition coefficient (Wildman–Crippen LogP) is 3.24. The summed E-state index contributed by atoms with van der Waals surface area (Å²) < 4.78 is 10.7. The van der Waals surface area contributed by atoms with Gasteiger partial charge in [0.2, 0.25) is 0 Å². The van der Waals surface area contributed by atoms with E-state index >= 15 is 0 Å². The van der Waals surface area contributed by atoms with Gasteiger partial charge in [0.05, 0.1) is 18.7 Å². The molecular weight excluding hydrogens is 408 g/mol. The molecule has 0 aliphatic carbocycles. The molecule has 2 aromatic carbocycles. The highest BCUT2D eigenvalue weighted by Gasteiger charge is 2.45. The molecule has 1 aliphatic rings. The second kappa shape index (κ2) is 10.2. The molecule has 0 saturated carbocycles. The Morgan fingerprint density at radius 3 is 2.28 bits per heavy atom. The van der Waals surface area contributed by atoms with Gasteiger partial charge in [0.15, 0.2) is 0 Å². The van der Waals surface area contributed by atoms with Crippen LogP contribution < -0.4 is 9.47 Å². The van der Waals surface area contributed by atoms with E-state index in [1.165, 1.54) is 4.90 Å². The number of Topliss-reactive ketones (excluding diaryl/α,β-unsaturated/α-hetero) is 1. The average Bonchev–Trinajstić information content (AvgIpc) is 3.06. The number of likely N-dealkylation sites (tertiary alicyclic amines) is 1. The van der Waals surface area contributed by atoms with Gasteiger partial charge in [-0.1, -0.05) is 24.8 Å². The lowest BCUT2D eigenvalue weighted by atomic mass is 9.95. The fourth-order valence-electron chi connectivity index (χ4n) is 3.57. The van der Waals surface area contributed by atoms with Gasteiger partial charge in [0.25, 0.3) is 11.7 Å². The van der Waals surface area contributed by atoms with Gasteiger partial charge in [-0.15, -0.1) is 0 Å². The van der Waals surface area contributed by atoms with E-state index in [0.717, 1.165) is 5.56 Å². The monoisotopic (exact) mass is 436 g/mol. The molecule has 0 aromatic heterocycles. The van der Waals surface area contributed by atoms with Crippen LogP contribution in [0.15, 0.2) is 66.8 Å². The number of ketones is 1. The molecule has 1 saturated heterocycles. The molecule has 7 nitrogen and oxygen atoms in total. The second-order valence-electron chi connectivity index (χ2n) is 7.69. The first-order chi connectivity index (χ1) is 15.4. The minimum absolute atomic E-state index is 0.0682. The van der Waals surface area contributed by atoms with Crippen molar-refractivity contribution in [3.63, 3.8) is 0 Å². The van der Waals surface area contributed by atoms with Crippen molar-refractivity contribution in [3.05, 3.63) is 77.9 Å². The van der Waals surface area contributed by atoms with Gasteiger partial charge in [-0.05, 0) is 56.1 Å². The van der Waals surface area contributed by atoms with Gasteiger partial charge in [-0.25, -0.2) is 0 Å². The molecule has 0 unspecified atom stereocenters. The SMILES string of the molecule is C=CCOc1ccc(/C(O)=C2\C(=O)C(=O)N(CCN(C)C)[C@@H]2c2ccc(OC)cc2)cc1. The summed E-state index contributed by atoms with van der Waals surface area (Å²) in [4.78, 5) is 29.4. The number of carbonyl (C=O) groups excluding carboxylic acids is 2. The average molecular weight is 437 g/mol. The summed E-state index contributed by atoms with van der Waals surface area (Å²) in [5.41, 5.74) is 1.22. The van der Waals surface area contributed by atoms with Crippen LogP contribution in [-0.4, -0.2) is 67.5 Å². The van der Waals surface area contributed by atoms with Gasteiger partial charge in [0.1, 0.15) is 23.9 Å². The molecule has 1 fully saturated rings. The maximum Gasteiger partial charge on any atom is 0.295 e. The normalized spacial score (nSPS) is 17.6. The summed E-state index contributed by atoms with van der Waals surface area (Å²) in [5.74, 6) is -0.269. The Morgan fingerprint density at radius 1 is 1.09 bits per heavy atom. The number of hydrogen-bond donors (Lipinski definition) is 1. The van der Waals surface area contributed by atoms with E-state index in [2.05, 4.69) is 6.58 Å². The molecular formula is C25H28N2O5. The molecule has 3 rings (SSSR count). The van der Waals surface area contributed by atoms with Crippen molar-refractivity contribution >= 4 is 17.4 Å². The molecule has 0 spiro atoms. The van der Waals surface area contributed by atoms with E-state index in [1.807, 2.05) is 19.0 Å². The summed E-state index contributed by atoms with van der Waals surface area (Å²) in [6, 6.07) is 13.2. The van der Waals surface area contributed by atoms with Crippen molar-refractivity contribution < 1.29 is 24.2 Å². The van der Waals surface area contributed by atoms with Crippen molar-refractivity contribution in [2.75, 3.05) is 40.9 Å². The molecule has 0 bridgehead atoms. The van der Waals surface area contributed by atoms with E-state index in [1.54, 1.807) is 61.7 Å². The number of benzene rings is 2. The smallest absolute Gasteiger partial charge is 0.295 e. The number of carbonyl (C=O) groups is 2. The molecule has 168 valence electrons. The van der Waals surface area contributed by atoms with E-state index < -0.39 is 17.7 Å². The summed E-state index contributed by atoms with van der Waals surface area (Å²) in [5, 5.41) is 11.1. The van der Waals surface area contributed by atoms with E-state index in [9.17, 15) is 14.7 Å². The van der Waals surface area contributed by atoms with Crippen LogP contribution in [-0.2, 0) is 9.59 Å². The molecule has 32 heavy (non-hydrogen) atoms. The van der Waals surface area contributed by atoms with Gasteiger partial charge in [-0.3, -0.25) is 9.59 Å². The highest BCUT2D eigenvalue weighted by molar-refractivity contribution is 6.46. The van der Waals surface area contributed by atoms with Crippen LogP contribution >= 0.6 is 0 Å². The fourth-order valence-corrected chi connectivity index (χ4v) is 3.57. The van der Waals surface area contributed by atoms with E-state index in [-0.39, 0.29) is 11.3 Å². The maximum absolute atomic E-state index is 13.0. The largest absolute Gasteiger partial charge is 0.507 e. The third kappa shape index (κ3) is 4.84. The van der Waals surface area contributed by atoms with Crippen molar-refractivity contribution in [3.8, 4) is 11.5 Å². The Morgan fingerprint density at radius 2 is 1.72 bits per heavy atom. The van der Waals surface area contributed by atoms with Gasteiger partial charge in [-0.2, -0.15) is 0 Å². The van der Waals surface area contributed by atoms with Gasteiger partial charge >= 0.3 is 0 Å². The van der Waals surface area contributed by atoms with Crippen molar-refractivity contribution in [1.29, 1.82) is 0 Å². The lowest BCUT2D eigenvalue weighted by Gasteiger charge is -2.26. The number of methoxy groups -OCH3 is 1. The Labute approximate surface area is 188 Å². The summed E-state index contributed by atoms with van der Waals surface area (Å²) >= 11 is 0. The van der Waals surface area contributed by atoms with Crippen LogP contribution in [0.5, 0.6) is 11.5 Å². The third-order valence-corrected chi connectivity index (χ3v) is 5.26.